The Kier molecular flexibility index (Phi) is 6.32. The van der Waals surface area contributed by atoms with Gasteiger partial charge in [0.1, 0.15) is 23.2 Å². The number of benzene rings is 2. The summed E-state index contributed by atoms with van der Waals surface area (Å²) < 4.78 is 5.27. The number of methoxy groups -OCH3 is 1. The molecule has 1 aromatic heterocycles. The van der Waals surface area contributed by atoms with E-state index in [4.69, 9.17) is 4.74 Å². The molecule has 2 N–H and O–H groups in total. The lowest BCUT2D eigenvalue weighted by molar-refractivity contribution is 0.415. The van der Waals surface area contributed by atoms with E-state index in [1.165, 1.54) is 5.69 Å². The SMILES string of the molecule is CCN(CC)c1ccc(Nc2cc(Nc3cccc(OC)c3)nc(C)n2)cc1. The summed E-state index contributed by atoms with van der Waals surface area (Å²) in [6, 6.07) is 18.0. The summed E-state index contributed by atoms with van der Waals surface area (Å²) in [7, 11) is 1.65. The van der Waals surface area contributed by atoms with E-state index in [9.17, 15) is 0 Å². The molecular formula is C22H27N5O. The first-order valence-corrected chi connectivity index (χ1v) is 9.50. The monoisotopic (exact) mass is 377 g/mol. The third-order valence-corrected chi connectivity index (χ3v) is 4.45. The van der Waals surface area contributed by atoms with Crippen molar-refractivity contribution in [1.82, 2.24) is 9.97 Å². The minimum atomic E-state index is 0.690. The van der Waals surface area contributed by atoms with Crippen molar-refractivity contribution in [3.05, 3.63) is 60.4 Å². The topological polar surface area (TPSA) is 62.3 Å². The average molecular weight is 377 g/mol. The summed E-state index contributed by atoms with van der Waals surface area (Å²) in [5.41, 5.74) is 3.11. The van der Waals surface area contributed by atoms with E-state index in [0.717, 1.165) is 41.8 Å². The first-order valence-electron chi connectivity index (χ1n) is 9.50. The van der Waals surface area contributed by atoms with Crippen molar-refractivity contribution in [2.75, 3.05) is 35.7 Å². The van der Waals surface area contributed by atoms with Crippen molar-refractivity contribution in [3.8, 4) is 5.75 Å². The second-order valence-electron chi connectivity index (χ2n) is 6.39. The summed E-state index contributed by atoms with van der Waals surface area (Å²) in [4.78, 5) is 11.3. The highest BCUT2D eigenvalue weighted by atomic mass is 16.5. The van der Waals surface area contributed by atoms with Gasteiger partial charge in [0.15, 0.2) is 0 Å². The number of hydrogen-bond donors (Lipinski definition) is 2. The molecule has 0 amide bonds. The van der Waals surface area contributed by atoms with Crippen molar-refractivity contribution in [1.29, 1.82) is 0 Å². The molecule has 3 aromatic rings. The van der Waals surface area contributed by atoms with Crippen LogP contribution in [0.3, 0.4) is 0 Å². The summed E-state index contributed by atoms with van der Waals surface area (Å²) >= 11 is 0. The zero-order valence-corrected chi connectivity index (χ0v) is 16.9. The number of aryl methyl sites for hydroxylation is 1. The fourth-order valence-electron chi connectivity index (χ4n) is 3.04. The van der Waals surface area contributed by atoms with Gasteiger partial charge in [-0.05, 0) is 57.2 Å². The van der Waals surface area contributed by atoms with Crippen LogP contribution in [0.25, 0.3) is 0 Å². The van der Waals surface area contributed by atoms with Gasteiger partial charge in [-0.1, -0.05) is 6.07 Å². The molecule has 3 rings (SSSR count). The molecule has 6 nitrogen and oxygen atoms in total. The van der Waals surface area contributed by atoms with E-state index in [1.54, 1.807) is 7.11 Å². The lowest BCUT2D eigenvalue weighted by atomic mass is 10.2. The minimum absolute atomic E-state index is 0.690. The second kappa shape index (κ2) is 9.08. The molecule has 0 aliphatic carbocycles. The van der Waals surface area contributed by atoms with E-state index < -0.39 is 0 Å². The molecule has 0 spiro atoms. The fraction of sp³-hybridized carbons (Fsp3) is 0.273. The van der Waals surface area contributed by atoms with Gasteiger partial charge < -0.3 is 20.3 Å². The van der Waals surface area contributed by atoms with Gasteiger partial charge in [0.2, 0.25) is 0 Å². The summed E-state index contributed by atoms with van der Waals surface area (Å²) in [5.74, 6) is 2.95. The number of ether oxygens (including phenoxy) is 1. The summed E-state index contributed by atoms with van der Waals surface area (Å²) in [5, 5.41) is 6.67. The minimum Gasteiger partial charge on any atom is -0.497 e. The van der Waals surface area contributed by atoms with Crippen LogP contribution in [0.2, 0.25) is 0 Å². The largest absolute Gasteiger partial charge is 0.497 e. The quantitative estimate of drug-likeness (QED) is 0.568. The van der Waals surface area contributed by atoms with Crippen molar-refractivity contribution >= 4 is 28.7 Å². The van der Waals surface area contributed by atoms with E-state index in [-0.39, 0.29) is 0 Å². The molecular weight excluding hydrogens is 350 g/mol. The highest BCUT2D eigenvalue weighted by molar-refractivity contribution is 5.65. The third kappa shape index (κ3) is 4.91. The first-order chi connectivity index (χ1) is 13.6. The molecule has 0 fully saturated rings. The van der Waals surface area contributed by atoms with Crippen LogP contribution in [0.15, 0.2) is 54.6 Å². The molecule has 0 radical (unpaired) electrons. The Bertz CT molecular complexity index is 907. The zero-order valence-electron chi connectivity index (χ0n) is 16.9. The smallest absolute Gasteiger partial charge is 0.136 e. The van der Waals surface area contributed by atoms with E-state index >= 15 is 0 Å². The van der Waals surface area contributed by atoms with Gasteiger partial charge in [-0.3, -0.25) is 0 Å². The number of nitrogens with one attached hydrogen (secondary N) is 2. The lowest BCUT2D eigenvalue weighted by Gasteiger charge is -2.21. The molecule has 1 heterocycles. The van der Waals surface area contributed by atoms with E-state index in [0.29, 0.717) is 5.82 Å². The van der Waals surface area contributed by atoms with Gasteiger partial charge in [-0.15, -0.1) is 0 Å². The Morgan fingerprint density at radius 2 is 1.50 bits per heavy atom. The molecule has 0 unspecified atom stereocenters. The first kappa shape index (κ1) is 19.5. The molecule has 0 aliphatic heterocycles. The van der Waals surface area contributed by atoms with Crippen LogP contribution in [-0.2, 0) is 0 Å². The second-order valence-corrected chi connectivity index (χ2v) is 6.39. The van der Waals surface area contributed by atoms with E-state index in [1.807, 2.05) is 37.3 Å². The van der Waals surface area contributed by atoms with Gasteiger partial charge in [0, 0.05) is 42.3 Å². The number of hydrogen-bond acceptors (Lipinski definition) is 6. The van der Waals surface area contributed by atoms with Crippen LogP contribution in [0.1, 0.15) is 19.7 Å². The number of aromatic nitrogens is 2. The van der Waals surface area contributed by atoms with Crippen LogP contribution >= 0.6 is 0 Å². The molecule has 0 saturated carbocycles. The maximum atomic E-state index is 5.27. The molecule has 6 heteroatoms. The van der Waals surface area contributed by atoms with Gasteiger partial charge in [0.25, 0.3) is 0 Å². The maximum absolute atomic E-state index is 5.27. The van der Waals surface area contributed by atoms with Gasteiger partial charge in [-0.25, -0.2) is 9.97 Å². The molecule has 0 atom stereocenters. The molecule has 0 aliphatic rings. The summed E-state index contributed by atoms with van der Waals surface area (Å²) in [6.07, 6.45) is 0. The van der Waals surface area contributed by atoms with Crippen molar-refractivity contribution in [3.63, 3.8) is 0 Å². The highest BCUT2D eigenvalue weighted by Gasteiger charge is 2.06. The van der Waals surface area contributed by atoms with Crippen LogP contribution < -0.4 is 20.3 Å². The van der Waals surface area contributed by atoms with Crippen molar-refractivity contribution in [2.24, 2.45) is 0 Å². The Hall–Kier alpha value is -3.28. The van der Waals surface area contributed by atoms with Gasteiger partial charge in [0.05, 0.1) is 7.11 Å². The van der Waals surface area contributed by atoms with Gasteiger partial charge in [-0.2, -0.15) is 0 Å². The van der Waals surface area contributed by atoms with Crippen molar-refractivity contribution in [2.45, 2.75) is 20.8 Å². The van der Waals surface area contributed by atoms with Crippen LogP contribution in [0.4, 0.5) is 28.7 Å². The number of anilines is 5. The van der Waals surface area contributed by atoms with Crippen LogP contribution in [0, 0.1) is 6.92 Å². The van der Waals surface area contributed by atoms with Gasteiger partial charge >= 0.3 is 0 Å². The average Bonchev–Trinajstić information content (AvgIpc) is 2.70. The standard InChI is InChI=1S/C22H27N5O/c1-5-27(6-2)19-12-10-17(11-13-19)25-21-15-22(24-16(3)23-21)26-18-8-7-9-20(14-18)28-4/h7-15H,5-6H2,1-4H3,(H2,23,24,25,26). The predicted molar refractivity (Wildman–Crippen MR) is 116 cm³/mol. The maximum Gasteiger partial charge on any atom is 0.136 e. The number of nitrogens with zero attached hydrogens (tertiary/aromatic N) is 3. The Morgan fingerprint density at radius 3 is 2.11 bits per heavy atom. The molecule has 2 aromatic carbocycles. The fourth-order valence-corrected chi connectivity index (χ4v) is 3.04. The van der Waals surface area contributed by atoms with Crippen LogP contribution in [-0.4, -0.2) is 30.2 Å². The van der Waals surface area contributed by atoms with Crippen LogP contribution in [0.5, 0.6) is 5.75 Å². The Balaban J connectivity index is 1.76. The number of rotatable bonds is 8. The molecule has 0 bridgehead atoms. The Morgan fingerprint density at radius 1 is 0.857 bits per heavy atom. The third-order valence-electron chi connectivity index (χ3n) is 4.45. The predicted octanol–water partition coefficient (Wildman–Crippen LogP) is 5.13. The lowest BCUT2D eigenvalue weighted by Crippen LogP contribution is -2.21. The molecule has 146 valence electrons. The zero-order chi connectivity index (χ0) is 19.9. The molecule has 28 heavy (non-hydrogen) atoms. The summed E-state index contributed by atoms with van der Waals surface area (Å²) in [6.45, 7) is 8.19. The molecule has 0 saturated heterocycles. The highest BCUT2D eigenvalue weighted by Crippen LogP contribution is 2.24. The van der Waals surface area contributed by atoms with E-state index in [2.05, 4.69) is 63.6 Å². The Labute approximate surface area is 166 Å². The van der Waals surface area contributed by atoms with Crippen molar-refractivity contribution < 1.29 is 4.74 Å². The normalized spacial score (nSPS) is 10.4.